The fourth-order valence-electron chi connectivity index (χ4n) is 2.09. The monoisotopic (exact) mass is 208 g/mol. The SMILES string of the molecule is O=C(c1cccc(F)c1)C1(O)CCCC1. The van der Waals surface area contributed by atoms with Crippen LogP contribution in [0.3, 0.4) is 0 Å². The lowest BCUT2D eigenvalue weighted by Gasteiger charge is -2.20. The molecule has 2 rings (SSSR count). The summed E-state index contributed by atoms with van der Waals surface area (Å²) in [6.45, 7) is 0. The van der Waals surface area contributed by atoms with E-state index in [0.717, 1.165) is 12.8 Å². The van der Waals surface area contributed by atoms with Crippen LogP contribution in [0.25, 0.3) is 0 Å². The number of hydrogen-bond donors (Lipinski definition) is 1. The number of halogens is 1. The van der Waals surface area contributed by atoms with Gasteiger partial charge in [0.2, 0.25) is 0 Å². The topological polar surface area (TPSA) is 37.3 Å². The first kappa shape index (κ1) is 10.3. The van der Waals surface area contributed by atoms with E-state index in [1.54, 1.807) is 6.07 Å². The van der Waals surface area contributed by atoms with Crippen LogP contribution in [0.2, 0.25) is 0 Å². The maximum atomic E-state index is 12.9. The quantitative estimate of drug-likeness (QED) is 0.757. The second-order valence-electron chi connectivity index (χ2n) is 4.08. The van der Waals surface area contributed by atoms with Gasteiger partial charge in [0.15, 0.2) is 5.78 Å². The number of hydrogen-bond acceptors (Lipinski definition) is 2. The Morgan fingerprint density at radius 3 is 2.60 bits per heavy atom. The van der Waals surface area contributed by atoms with Crippen molar-refractivity contribution in [2.24, 2.45) is 0 Å². The smallest absolute Gasteiger partial charge is 0.194 e. The van der Waals surface area contributed by atoms with Crippen LogP contribution < -0.4 is 0 Å². The molecule has 0 saturated heterocycles. The number of rotatable bonds is 2. The van der Waals surface area contributed by atoms with Crippen molar-refractivity contribution < 1.29 is 14.3 Å². The number of benzene rings is 1. The fraction of sp³-hybridized carbons (Fsp3) is 0.417. The van der Waals surface area contributed by atoms with Crippen molar-refractivity contribution in [2.75, 3.05) is 0 Å². The number of Topliss-reactive ketones (excluding diaryl/α,β-unsaturated/α-hetero) is 1. The zero-order valence-electron chi connectivity index (χ0n) is 8.37. The average molecular weight is 208 g/mol. The highest BCUT2D eigenvalue weighted by Gasteiger charge is 2.39. The first-order valence-electron chi connectivity index (χ1n) is 5.15. The third-order valence-electron chi connectivity index (χ3n) is 2.94. The van der Waals surface area contributed by atoms with Gasteiger partial charge in [-0.05, 0) is 37.8 Å². The summed E-state index contributed by atoms with van der Waals surface area (Å²) in [5.41, 5.74) is -0.993. The normalized spacial score (nSPS) is 19.1. The summed E-state index contributed by atoms with van der Waals surface area (Å²) >= 11 is 0. The lowest BCUT2D eigenvalue weighted by atomic mass is 9.91. The first-order chi connectivity index (χ1) is 7.12. The molecule has 1 fully saturated rings. The predicted octanol–water partition coefficient (Wildman–Crippen LogP) is 2.31. The lowest BCUT2D eigenvalue weighted by molar-refractivity contribution is 0.0353. The number of aliphatic hydroxyl groups is 1. The molecule has 1 aromatic carbocycles. The molecule has 1 saturated carbocycles. The van der Waals surface area contributed by atoms with Crippen molar-refractivity contribution in [1.82, 2.24) is 0 Å². The Morgan fingerprint density at radius 2 is 2.00 bits per heavy atom. The van der Waals surface area contributed by atoms with E-state index in [1.165, 1.54) is 18.2 Å². The zero-order valence-corrected chi connectivity index (χ0v) is 8.37. The highest BCUT2D eigenvalue weighted by Crippen LogP contribution is 2.32. The number of ketones is 1. The highest BCUT2D eigenvalue weighted by atomic mass is 19.1. The van der Waals surface area contributed by atoms with E-state index < -0.39 is 11.4 Å². The van der Waals surface area contributed by atoms with Gasteiger partial charge in [-0.3, -0.25) is 4.79 Å². The fourth-order valence-corrected chi connectivity index (χ4v) is 2.09. The largest absolute Gasteiger partial charge is 0.382 e. The van der Waals surface area contributed by atoms with Gasteiger partial charge in [0, 0.05) is 5.56 Å². The molecular weight excluding hydrogens is 195 g/mol. The van der Waals surface area contributed by atoms with Crippen LogP contribution in [-0.4, -0.2) is 16.5 Å². The molecule has 0 atom stereocenters. The molecule has 0 unspecified atom stereocenters. The minimum absolute atomic E-state index is 0.263. The predicted molar refractivity (Wildman–Crippen MR) is 54.1 cm³/mol. The molecule has 1 N–H and O–H groups in total. The van der Waals surface area contributed by atoms with Crippen molar-refractivity contribution in [3.05, 3.63) is 35.6 Å². The van der Waals surface area contributed by atoms with Crippen LogP contribution >= 0.6 is 0 Å². The average Bonchev–Trinajstić information content (AvgIpc) is 2.65. The van der Waals surface area contributed by atoms with E-state index in [9.17, 15) is 14.3 Å². The van der Waals surface area contributed by atoms with E-state index in [2.05, 4.69) is 0 Å². The van der Waals surface area contributed by atoms with Gasteiger partial charge < -0.3 is 5.11 Å². The number of carbonyl (C=O) groups is 1. The summed E-state index contributed by atoms with van der Waals surface area (Å²) in [6, 6.07) is 5.50. The zero-order chi connectivity index (χ0) is 10.9. The van der Waals surface area contributed by atoms with Gasteiger partial charge in [0.1, 0.15) is 11.4 Å². The van der Waals surface area contributed by atoms with Crippen molar-refractivity contribution in [1.29, 1.82) is 0 Å². The summed E-state index contributed by atoms with van der Waals surface area (Å²) in [7, 11) is 0. The Labute approximate surface area is 87.7 Å². The molecule has 2 nitrogen and oxygen atoms in total. The molecule has 0 radical (unpaired) electrons. The summed E-state index contributed by atoms with van der Waals surface area (Å²) in [5.74, 6) is -0.790. The van der Waals surface area contributed by atoms with Gasteiger partial charge in [0.05, 0.1) is 0 Å². The summed E-state index contributed by atoms with van der Waals surface area (Å²) < 4.78 is 12.9. The Balaban J connectivity index is 2.27. The molecule has 0 spiro atoms. The van der Waals surface area contributed by atoms with Gasteiger partial charge >= 0.3 is 0 Å². The summed E-state index contributed by atoms with van der Waals surface area (Å²) in [4.78, 5) is 11.9. The van der Waals surface area contributed by atoms with Gasteiger partial charge in [-0.1, -0.05) is 12.1 Å². The second-order valence-corrected chi connectivity index (χ2v) is 4.08. The third kappa shape index (κ3) is 1.92. The van der Waals surface area contributed by atoms with Crippen LogP contribution in [0.1, 0.15) is 36.0 Å². The maximum absolute atomic E-state index is 12.9. The summed E-state index contributed by atoms with van der Waals surface area (Å²) in [6.07, 6.45) is 2.69. The van der Waals surface area contributed by atoms with Crippen molar-refractivity contribution in [3.63, 3.8) is 0 Å². The number of carbonyl (C=O) groups excluding carboxylic acids is 1. The summed E-state index contributed by atoms with van der Waals surface area (Å²) in [5, 5.41) is 10.0. The van der Waals surface area contributed by atoms with Crippen LogP contribution in [0.15, 0.2) is 24.3 Å². The van der Waals surface area contributed by atoms with Crippen LogP contribution in [0, 0.1) is 5.82 Å². The molecule has 0 bridgehead atoms. The van der Waals surface area contributed by atoms with Gasteiger partial charge in [0.25, 0.3) is 0 Å². The molecule has 3 heteroatoms. The molecule has 1 aliphatic rings. The van der Waals surface area contributed by atoms with Crippen LogP contribution in [0.5, 0.6) is 0 Å². The van der Waals surface area contributed by atoms with Crippen molar-refractivity contribution >= 4 is 5.78 Å². The van der Waals surface area contributed by atoms with Crippen molar-refractivity contribution in [3.8, 4) is 0 Å². The first-order valence-corrected chi connectivity index (χ1v) is 5.15. The van der Waals surface area contributed by atoms with E-state index >= 15 is 0 Å². The minimum atomic E-state index is -1.26. The molecule has 0 aliphatic heterocycles. The molecule has 0 aromatic heterocycles. The molecular formula is C12H13FO2. The van der Waals surface area contributed by atoms with E-state index in [-0.39, 0.29) is 11.3 Å². The molecule has 80 valence electrons. The second kappa shape index (κ2) is 3.74. The van der Waals surface area contributed by atoms with Gasteiger partial charge in [-0.15, -0.1) is 0 Å². The van der Waals surface area contributed by atoms with E-state index in [4.69, 9.17) is 0 Å². The molecule has 1 aromatic rings. The Morgan fingerprint density at radius 1 is 1.33 bits per heavy atom. The van der Waals surface area contributed by atoms with Gasteiger partial charge in [-0.2, -0.15) is 0 Å². The van der Waals surface area contributed by atoms with Gasteiger partial charge in [-0.25, -0.2) is 4.39 Å². The third-order valence-corrected chi connectivity index (χ3v) is 2.94. The standard InChI is InChI=1S/C12H13FO2/c13-10-5-3-4-9(8-10)11(14)12(15)6-1-2-7-12/h3-5,8,15H,1-2,6-7H2. The highest BCUT2D eigenvalue weighted by molar-refractivity contribution is 6.02. The molecule has 0 amide bonds. The Hall–Kier alpha value is -1.22. The lowest BCUT2D eigenvalue weighted by Crippen LogP contribution is -2.35. The minimum Gasteiger partial charge on any atom is -0.382 e. The maximum Gasteiger partial charge on any atom is 0.194 e. The van der Waals surface area contributed by atoms with Crippen molar-refractivity contribution in [2.45, 2.75) is 31.3 Å². The molecule has 0 heterocycles. The van der Waals surface area contributed by atoms with Crippen LogP contribution in [-0.2, 0) is 0 Å². The van der Waals surface area contributed by atoms with E-state index in [1.807, 2.05) is 0 Å². The van der Waals surface area contributed by atoms with Crippen LogP contribution in [0.4, 0.5) is 4.39 Å². The Kier molecular flexibility index (Phi) is 2.57. The molecule has 15 heavy (non-hydrogen) atoms. The Bertz CT molecular complexity index is 381. The van der Waals surface area contributed by atoms with E-state index in [0.29, 0.717) is 12.8 Å². The molecule has 1 aliphatic carbocycles.